The maximum Gasteiger partial charge on any atom is 0.175 e. The number of anilines is 2. The number of nitrogens with one attached hydrogen (secondary N) is 2. The maximum absolute atomic E-state index is 13.5. The lowest BCUT2D eigenvalue weighted by Gasteiger charge is -2.13. The lowest BCUT2D eigenvalue weighted by Crippen LogP contribution is -2.19. The summed E-state index contributed by atoms with van der Waals surface area (Å²) in [5.41, 5.74) is 3.41. The molecule has 21 heavy (non-hydrogen) atoms. The molecule has 0 bridgehead atoms. The summed E-state index contributed by atoms with van der Waals surface area (Å²) in [5, 5.41) is 6.55. The highest BCUT2D eigenvalue weighted by Crippen LogP contribution is 2.19. The fourth-order valence-corrected chi connectivity index (χ4v) is 2.18. The first kappa shape index (κ1) is 15.4. The van der Waals surface area contributed by atoms with Crippen LogP contribution in [-0.4, -0.2) is 5.11 Å². The summed E-state index contributed by atoms with van der Waals surface area (Å²) in [6, 6.07) is 13.1. The third-order valence-corrected chi connectivity index (χ3v) is 3.44. The highest BCUT2D eigenvalue weighted by atomic mass is 32.1. The largest absolute Gasteiger partial charge is 0.332 e. The summed E-state index contributed by atoms with van der Waals surface area (Å²) in [6.45, 7) is 6.02. The van der Waals surface area contributed by atoms with Crippen LogP contribution in [0.2, 0.25) is 0 Å². The Morgan fingerprint density at radius 1 is 1.05 bits per heavy atom. The normalized spacial score (nSPS) is 10.5. The summed E-state index contributed by atoms with van der Waals surface area (Å²) >= 11 is 5.26. The van der Waals surface area contributed by atoms with E-state index in [1.54, 1.807) is 19.1 Å². The third-order valence-electron chi connectivity index (χ3n) is 3.24. The first-order valence-corrected chi connectivity index (χ1v) is 7.30. The third kappa shape index (κ3) is 4.26. The minimum absolute atomic E-state index is 0.246. The SMILES string of the molecule is Cc1ccc(NC(=S)Nc2cccc(C(C)C)c2)cc1F. The van der Waals surface area contributed by atoms with Crippen molar-refractivity contribution in [2.24, 2.45) is 0 Å². The number of thiocarbonyl (C=S) groups is 1. The Labute approximate surface area is 130 Å². The molecular weight excluding hydrogens is 283 g/mol. The van der Waals surface area contributed by atoms with Crippen molar-refractivity contribution in [2.75, 3.05) is 10.6 Å². The molecule has 2 N–H and O–H groups in total. The summed E-state index contributed by atoms with van der Waals surface area (Å²) in [6.07, 6.45) is 0. The number of halogens is 1. The molecule has 0 saturated heterocycles. The van der Waals surface area contributed by atoms with E-state index in [0.29, 0.717) is 22.3 Å². The number of benzene rings is 2. The molecule has 0 heterocycles. The number of rotatable bonds is 3. The monoisotopic (exact) mass is 302 g/mol. The van der Waals surface area contributed by atoms with Gasteiger partial charge in [-0.1, -0.05) is 32.0 Å². The van der Waals surface area contributed by atoms with Gasteiger partial charge in [0.15, 0.2) is 5.11 Å². The molecule has 110 valence electrons. The van der Waals surface area contributed by atoms with Crippen LogP contribution in [-0.2, 0) is 0 Å². The summed E-state index contributed by atoms with van der Waals surface area (Å²) < 4.78 is 13.5. The molecule has 0 fully saturated rings. The second-order valence-corrected chi connectivity index (χ2v) is 5.73. The number of hydrogen-bond donors (Lipinski definition) is 2. The second kappa shape index (κ2) is 6.68. The van der Waals surface area contributed by atoms with Crippen LogP contribution in [0.25, 0.3) is 0 Å². The molecule has 0 aliphatic carbocycles. The zero-order valence-corrected chi connectivity index (χ0v) is 13.2. The molecule has 0 atom stereocenters. The maximum atomic E-state index is 13.5. The van der Waals surface area contributed by atoms with E-state index in [0.717, 1.165) is 5.69 Å². The van der Waals surface area contributed by atoms with E-state index < -0.39 is 0 Å². The van der Waals surface area contributed by atoms with Gasteiger partial charge in [-0.15, -0.1) is 0 Å². The van der Waals surface area contributed by atoms with Gasteiger partial charge in [0.05, 0.1) is 0 Å². The van der Waals surface area contributed by atoms with Crippen LogP contribution in [0, 0.1) is 12.7 Å². The van der Waals surface area contributed by atoms with Gasteiger partial charge in [-0.3, -0.25) is 0 Å². The lowest BCUT2D eigenvalue weighted by molar-refractivity contribution is 0.619. The molecule has 4 heteroatoms. The molecule has 0 aromatic heterocycles. The Kier molecular flexibility index (Phi) is 4.91. The van der Waals surface area contributed by atoms with Gasteiger partial charge < -0.3 is 10.6 Å². The standard InChI is InChI=1S/C17H19FN2S/c1-11(2)13-5-4-6-14(9-13)19-17(21)20-15-8-7-12(3)16(18)10-15/h4-11H,1-3H3,(H2,19,20,21). The van der Waals surface area contributed by atoms with Crippen molar-refractivity contribution in [1.82, 2.24) is 0 Å². The molecule has 2 aromatic carbocycles. The van der Waals surface area contributed by atoms with E-state index in [-0.39, 0.29) is 5.82 Å². The summed E-state index contributed by atoms with van der Waals surface area (Å²) in [7, 11) is 0. The summed E-state index contributed by atoms with van der Waals surface area (Å²) in [5.74, 6) is 0.212. The summed E-state index contributed by atoms with van der Waals surface area (Å²) in [4.78, 5) is 0. The Morgan fingerprint density at radius 2 is 1.71 bits per heavy atom. The lowest BCUT2D eigenvalue weighted by atomic mass is 10.0. The fourth-order valence-electron chi connectivity index (χ4n) is 1.94. The van der Waals surface area contributed by atoms with E-state index in [2.05, 4.69) is 36.6 Å². The van der Waals surface area contributed by atoms with E-state index in [4.69, 9.17) is 12.2 Å². The molecule has 0 saturated carbocycles. The van der Waals surface area contributed by atoms with Gasteiger partial charge in [0.1, 0.15) is 5.82 Å². The first-order chi connectivity index (χ1) is 9.95. The van der Waals surface area contributed by atoms with Gasteiger partial charge >= 0.3 is 0 Å². The van der Waals surface area contributed by atoms with Crippen LogP contribution in [0.3, 0.4) is 0 Å². The molecule has 0 aliphatic rings. The van der Waals surface area contributed by atoms with Crippen LogP contribution in [0.5, 0.6) is 0 Å². The smallest absolute Gasteiger partial charge is 0.175 e. The quantitative estimate of drug-likeness (QED) is 0.774. The van der Waals surface area contributed by atoms with Crippen molar-refractivity contribution < 1.29 is 4.39 Å². The highest BCUT2D eigenvalue weighted by Gasteiger charge is 2.04. The number of hydrogen-bond acceptors (Lipinski definition) is 1. The predicted molar refractivity (Wildman–Crippen MR) is 91.5 cm³/mol. The minimum atomic E-state index is -0.246. The van der Waals surface area contributed by atoms with E-state index in [1.165, 1.54) is 11.6 Å². The van der Waals surface area contributed by atoms with Gasteiger partial charge in [-0.2, -0.15) is 0 Å². The highest BCUT2D eigenvalue weighted by molar-refractivity contribution is 7.80. The second-order valence-electron chi connectivity index (χ2n) is 5.32. The van der Waals surface area contributed by atoms with Crippen LogP contribution < -0.4 is 10.6 Å². The molecule has 0 unspecified atom stereocenters. The fraction of sp³-hybridized carbons (Fsp3) is 0.235. The topological polar surface area (TPSA) is 24.1 Å². The van der Waals surface area contributed by atoms with Gasteiger partial charge in [-0.25, -0.2) is 4.39 Å². The van der Waals surface area contributed by atoms with Crippen LogP contribution in [0.4, 0.5) is 15.8 Å². The Bertz CT molecular complexity index is 653. The van der Waals surface area contributed by atoms with E-state index in [9.17, 15) is 4.39 Å². The minimum Gasteiger partial charge on any atom is -0.332 e. The molecule has 0 aliphatic heterocycles. The molecule has 2 nitrogen and oxygen atoms in total. The zero-order chi connectivity index (χ0) is 15.4. The molecular formula is C17H19FN2S. The van der Waals surface area contributed by atoms with Crippen molar-refractivity contribution >= 4 is 28.7 Å². The van der Waals surface area contributed by atoms with Gasteiger partial charge in [0, 0.05) is 11.4 Å². The zero-order valence-electron chi connectivity index (χ0n) is 12.4. The Hall–Kier alpha value is -1.94. The van der Waals surface area contributed by atoms with Crippen molar-refractivity contribution in [2.45, 2.75) is 26.7 Å². The van der Waals surface area contributed by atoms with Crippen molar-refractivity contribution in [3.8, 4) is 0 Å². The molecule has 0 spiro atoms. The van der Waals surface area contributed by atoms with Crippen molar-refractivity contribution in [3.05, 3.63) is 59.4 Å². The van der Waals surface area contributed by atoms with Gasteiger partial charge in [0.2, 0.25) is 0 Å². The predicted octanol–water partition coefficient (Wildman–Crippen LogP) is 5.07. The molecule has 2 aromatic rings. The van der Waals surface area contributed by atoms with Gasteiger partial charge in [0.25, 0.3) is 0 Å². The number of aryl methyl sites for hydroxylation is 1. The molecule has 0 amide bonds. The Balaban J connectivity index is 2.04. The molecule has 0 radical (unpaired) electrons. The first-order valence-electron chi connectivity index (χ1n) is 6.90. The average molecular weight is 302 g/mol. The van der Waals surface area contributed by atoms with Gasteiger partial charge in [-0.05, 0) is 60.5 Å². The van der Waals surface area contributed by atoms with E-state index >= 15 is 0 Å². The average Bonchev–Trinajstić information content (AvgIpc) is 2.43. The van der Waals surface area contributed by atoms with Crippen molar-refractivity contribution in [1.29, 1.82) is 0 Å². The van der Waals surface area contributed by atoms with Crippen LogP contribution in [0.1, 0.15) is 30.9 Å². The van der Waals surface area contributed by atoms with Crippen molar-refractivity contribution in [3.63, 3.8) is 0 Å². The van der Waals surface area contributed by atoms with Crippen LogP contribution in [0.15, 0.2) is 42.5 Å². The van der Waals surface area contributed by atoms with E-state index in [1.807, 2.05) is 12.1 Å². The Morgan fingerprint density at radius 3 is 2.33 bits per heavy atom. The van der Waals surface area contributed by atoms with Crippen LogP contribution >= 0.6 is 12.2 Å². The molecule has 2 rings (SSSR count).